The van der Waals surface area contributed by atoms with Crippen LogP contribution in [0.4, 0.5) is 0 Å². The van der Waals surface area contributed by atoms with Gasteiger partial charge in [0.2, 0.25) is 0 Å². The van der Waals surface area contributed by atoms with Crippen molar-refractivity contribution in [1.82, 2.24) is 0 Å². The number of hydrogen-bond acceptors (Lipinski definition) is 3. The number of aliphatic hydroxyl groups excluding tert-OH is 1. The lowest BCUT2D eigenvalue weighted by atomic mass is 9.98. The Morgan fingerprint density at radius 1 is 1.43 bits per heavy atom. The molecule has 1 aromatic rings. The van der Waals surface area contributed by atoms with Gasteiger partial charge in [0.1, 0.15) is 5.75 Å². The van der Waals surface area contributed by atoms with E-state index in [0.717, 1.165) is 16.9 Å². The zero-order chi connectivity index (χ0) is 10.7. The van der Waals surface area contributed by atoms with Gasteiger partial charge in [0.25, 0.3) is 0 Å². The van der Waals surface area contributed by atoms with Crippen LogP contribution < -0.4 is 10.5 Å². The van der Waals surface area contributed by atoms with Crippen LogP contribution in [0.3, 0.4) is 0 Å². The molecule has 3 heteroatoms. The number of aryl methyl sites for hydroxylation is 1. The van der Waals surface area contributed by atoms with E-state index >= 15 is 0 Å². The summed E-state index contributed by atoms with van der Waals surface area (Å²) in [5.74, 6) is 0.809. The molecule has 0 aromatic heterocycles. The standard InChI is InChI=1S/C11H17NO2/c1-7-6-9(14-3)4-5-10(7)11(12)8(2)13/h4-6,8,11,13H,12H2,1-3H3/t8-,11-/m0/s1. The predicted octanol–water partition coefficient (Wildman–Crippen LogP) is 1.38. The van der Waals surface area contributed by atoms with Crippen molar-refractivity contribution in [3.8, 4) is 5.75 Å². The summed E-state index contributed by atoms with van der Waals surface area (Å²) >= 11 is 0. The van der Waals surface area contributed by atoms with Crippen LogP contribution in [0, 0.1) is 6.92 Å². The molecule has 78 valence electrons. The van der Waals surface area contributed by atoms with Crippen LogP contribution in [0.15, 0.2) is 18.2 Å². The molecule has 3 N–H and O–H groups in total. The lowest BCUT2D eigenvalue weighted by molar-refractivity contribution is 0.164. The first-order chi connectivity index (χ1) is 6.56. The number of rotatable bonds is 3. The molecule has 0 aliphatic rings. The molecule has 0 fully saturated rings. The summed E-state index contributed by atoms with van der Waals surface area (Å²) in [7, 11) is 1.63. The zero-order valence-corrected chi connectivity index (χ0v) is 8.82. The van der Waals surface area contributed by atoms with Crippen LogP contribution >= 0.6 is 0 Å². The normalized spacial score (nSPS) is 14.9. The van der Waals surface area contributed by atoms with Crippen molar-refractivity contribution in [2.45, 2.75) is 26.0 Å². The van der Waals surface area contributed by atoms with E-state index in [0.29, 0.717) is 0 Å². The molecule has 0 saturated carbocycles. The number of ether oxygens (including phenoxy) is 1. The van der Waals surface area contributed by atoms with E-state index in [1.54, 1.807) is 14.0 Å². The van der Waals surface area contributed by atoms with Crippen molar-refractivity contribution in [3.05, 3.63) is 29.3 Å². The zero-order valence-electron chi connectivity index (χ0n) is 8.82. The molecule has 0 bridgehead atoms. The molecule has 0 unspecified atom stereocenters. The summed E-state index contributed by atoms with van der Waals surface area (Å²) in [6.45, 7) is 3.65. The van der Waals surface area contributed by atoms with Crippen molar-refractivity contribution in [3.63, 3.8) is 0 Å². The molecule has 2 atom stereocenters. The van der Waals surface area contributed by atoms with Gasteiger partial charge >= 0.3 is 0 Å². The quantitative estimate of drug-likeness (QED) is 0.766. The van der Waals surface area contributed by atoms with Gasteiger partial charge in [-0.2, -0.15) is 0 Å². The van der Waals surface area contributed by atoms with Gasteiger partial charge in [-0.25, -0.2) is 0 Å². The lowest BCUT2D eigenvalue weighted by Gasteiger charge is -2.17. The van der Waals surface area contributed by atoms with Crippen molar-refractivity contribution in [2.24, 2.45) is 5.73 Å². The van der Waals surface area contributed by atoms with Gasteiger partial charge in [0.05, 0.1) is 19.3 Å². The van der Waals surface area contributed by atoms with Crippen LogP contribution in [0.5, 0.6) is 5.75 Å². The molecule has 1 aromatic carbocycles. The van der Waals surface area contributed by atoms with Crippen LogP contribution in [-0.2, 0) is 0 Å². The maximum Gasteiger partial charge on any atom is 0.119 e. The van der Waals surface area contributed by atoms with E-state index in [1.807, 2.05) is 25.1 Å². The van der Waals surface area contributed by atoms with Crippen LogP contribution in [0.2, 0.25) is 0 Å². The first kappa shape index (κ1) is 11.0. The van der Waals surface area contributed by atoms with Gasteiger partial charge < -0.3 is 15.6 Å². The third-order valence-electron chi connectivity index (χ3n) is 2.36. The van der Waals surface area contributed by atoms with Crippen LogP contribution in [0.1, 0.15) is 24.1 Å². The Hall–Kier alpha value is -1.06. The molecule has 1 rings (SSSR count). The second-order valence-electron chi connectivity index (χ2n) is 3.49. The number of benzene rings is 1. The molecular weight excluding hydrogens is 178 g/mol. The Morgan fingerprint density at radius 3 is 2.50 bits per heavy atom. The van der Waals surface area contributed by atoms with Gasteiger partial charge in [0.15, 0.2) is 0 Å². The van der Waals surface area contributed by atoms with Crippen LogP contribution in [-0.4, -0.2) is 18.3 Å². The molecule has 0 aliphatic carbocycles. The number of hydrogen-bond donors (Lipinski definition) is 2. The Kier molecular flexibility index (Phi) is 3.49. The molecule has 0 spiro atoms. The van der Waals surface area contributed by atoms with Crippen molar-refractivity contribution >= 4 is 0 Å². The highest BCUT2D eigenvalue weighted by Crippen LogP contribution is 2.22. The third-order valence-corrected chi connectivity index (χ3v) is 2.36. The SMILES string of the molecule is COc1ccc([C@@H](N)[C@H](C)O)c(C)c1. The minimum Gasteiger partial charge on any atom is -0.497 e. The summed E-state index contributed by atoms with van der Waals surface area (Å²) in [5, 5.41) is 9.37. The molecule has 0 saturated heterocycles. The Bertz CT molecular complexity index is 310. The van der Waals surface area contributed by atoms with Crippen molar-refractivity contribution < 1.29 is 9.84 Å². The fourth-order valence-corrected chi connectivity index (χ4v) is 1.41. The molecule has 14 heavy (non-hydrogen) atoms. The highest BCUT2D eigenvalue weighted by Gasteiger charge is 2.14. The number of methoxy groups -OCH3 is 1. The van der Waals surface area contributed by atoms with Crippen LogP contribution in [0.25, 0.3) is 0 Å². The topological polar surface area (TPSA) is 55.5 Å². The second kappa shape index (κ2) is 4.44. The maximum absolute atomic E-state index is 9.37. The Labute approximate surface area is 84.5 Å². The highest BCUT2D eigenvalue weighted by molar-refractivity contribution is 5.36. The second-order valence-corrected chi connectivity index (χ2v) is 3.49. The third kappa shape index (κ3) is 2.25. The van der Waals surface area contributed by atoms with Gasteiger partial charge in [-0.1, -0.05) is 6.07 Å². The van der Waals surface area contributed by atoms with E-state index in [9.17, 15) is 5.11 Å². The summed E-state index contributed by atoms with van der Waals surface area (Å²) in [4.78, 5) is 0. The fraction of sp³-hybridized carbons (Fsp3) is 0.455. The first-order valence-electron chi connectivity index (χ1n) is 4.64. The van der Waals surface area contributed by atoms with Gasteiger partial charge in [-0.05, 0) is 37.1 Å². The highest BCUT2D eigenvalue weighted by atomic mass is 16.5. The average molecular weight is 195 g/mol. The van der Waals surface area contributed by atoms with Crippen molar-refractivity contribution in [2.75, 3.05) is 7.11 Å². The van der Waals surface area contributed by atoms with Gasteiger partial charge in [-0.15, -0.1) is 0 Å². The molecule has 0 aliphatic heterocycles. The Balaban J connectivity index is 2.99. The van der Waals surface area contributed by atoms with E-state index in [1.165, 1.54) is 0 Å². The first-order valence-corrected chi connectivity index (χ1v) is 4.64. The van der Waals surface area contributed by atoms with E-state index < -0.39 is 6.10 Å². The summed E-state index contributed by atoms with van der Waals surface area (Å²) < 4.78 is 5.09. The van der Waals surface area contributed by atoms with Crippen molar-refractivity contribution in [1.29, 1.82) is 0 Å². The van der Waals surface area contributed by atoms with E-state index in [2.05, 4.69) is 0 Å². The molecule has 0 heterocycles. The molecule has 0 radical (unpaired) electrons. The predicted molar refractivity (Wildman–Crippen MR) is 56.3 cm³/mol. The smallest absolute Gasteiger partial charge is 0.119 e. The summed E-state index contributed by atoms with van der Waals surface area (Å²) in [6, 6.07) is 5.33. The monoisotopic (exact) mass is 195 g/mol. The van der Waals surface area contributed by atoms with E-state index in [4.69, 9.17) is 10.5 Å². The maximum atomic E-state index is 9.37. The average Bonchev–Trinajstić information content (AvgIpc) is 2.16. The minimum atomic E-state index is -0.540. The van der Waals surface area contributed by atoms with E-state index in [-0.39, 0.29) is 6.04 Å². The van der Waals surface area contributed by atoms with Gasteiger partial charge in [-0.3, -0.25) is 0 Å². The summed E-state index contributed by atoms with van der Waals surface area (Å²) in [5.41, 5.74) is 7.84. The largest absolute Gasteiger partial charge is 0.497 e. The molecular formula is C11H17NO2. The fourth-order valence-electron chi connectivity index (χ4n) is 1.41. The minimum absolute atomic E-state index is 0.332. The molecule has 3 nitrogen and oxygen atoms in total. The number of nitrogens with two attached hydrogens (primary N) is 1. The van der Waals surface area contributed by atoms with Gasteiger partial charge in [0, 0.05) is 0 Å². The molecule has 0 amide bonds. The summed E-state index contributed by atoms with van der Waals surface area (Å²) in [6.07, 6.45) is -0.540. The number of aliphatic hydroxyl groups is 1. The lowest BCUT2D eigenvalue weighted by Crippen LogP contribution is -2.23. The Morgan fingerprint density at radius 2 is 2.07 bits per heavy atom.